The fraction of sp³-hybridized carbons (Fsp3) is 0.316. The quantitative estimate of drug-likeness (QED) is 0.652. The van der Waals surface area contributed by atoms with Gasteiger partial charge in [-0.3, -0.25) is 0 Å². The lowest BCUT2D eigenvalue weighted by Gasteiger charge is -2.16. The van der Waals surface area contributed by atoms with Gasteiger partial charge in [-0.1, -0.05) is 12.1 Å². The summed E-state index contributed by atoms with van der Waals surface area (Å²) in [7, 11) is 1.69. The zero-order valence-electron chi connectivity index (χ0n) is 14.2. The maximum atomic E-state index is 5.22. The molecule has 0 radical (unpaired) electrons. The van der Waals surface area contributed by atoms with E-state index < -0.39 is 0 Å². The molecule has 0 aliphatic carbocycles. The van der Waals surface area contributed by atoms with Gasteiger partial charge in [0.1, 0.15) is 10.8 Å². The van der Waals surface area contributed by atoms with Gasteiger partial charge in [0, 0.05) is 11.4 Å². The van der Waals surface area contributed by atoms with Crippen molar-refractivity contribution in [2.45, 2.75) is 32.9 Å². The van der Waals surface area contributed by atoms with Crippen LogP contribution < -0.4 is 10.1 Å². The van der Waals surface area contributed by atoms with Crippen LogP contribution in [0.25, 0.3) is 0 Å². The number of methoxy groups -OCH3 is 1. The Morgan fingerprint density at radius 2 is 1.92 bits per heavy atom. The van der Waals surface area contributed by atoms with Gasteiger partial charge in [0.2, 0.25) is 0 Å². The second-order valence-corrected chi connectivity index (χ2v) is 7.83. The average molecular weight is 359 g/mol. The number of thiophene rings is 1. The van der Waals surface area contributed by atoms with E-state index in [1.807, 2.05) is 12.1 Å². The van der Waals surface area contributed by atoms with Crippen molar-refractivity contribution in [2.75, 3.05) is 7.11 Å². The van der Waals surface area contributed by atoms with Crippen LogP contribution >= 0.6 is 22.7 Å². The number of nitrogens with zero attached hydrogens (tertiary/aromatic N) is 1. The van der Waals surface area contributed by atoms with E-state index in [0.29, 0.717) is 0 Å². The number of nitrogens with one attached hydrogen (secondary N) is 1. The molecule has 0 amide bonds. The van der Waals surface area contributed by atoms with E-state index in [1.165, 1.54) is 21.0 Å². The van der Waals surface area contributed by atoms with Crippen LogP contribution in [-0.4, -0.2) is 12.1 Å². The highest BCUT2D eigenvalue weighted by Gasteiger charge is 2.17. The highest BCUT2D eigenvalue weighted by atomic mass is 32.1. The van der Waals surface area contributed by atoms with Gasteiger partial charge in [-0.15, -0.1) is 11.3 Å². The molecule has 1 unspecified atom stereocenters. The summed E-state index contributed by atoms with van der Waals surface area (Å²) >= 11 is 3.54. The zero-order chi connectivity index (χ0) is 16.9. The topological polar surface area (TPSA) is 34.1 Å². The number of rotatable bonds is 7. The largest absolute Gasteiger partial charge is 0.497 e. The minimum absolute atomic E-state index is 0.235. The highest BCUT2D eigenvalue weighted by molar-refractivity contribution is 7.11. The van der Waals surface area contributed by atoms with E-state index in [4.69, 9.17) is 9.72 Å². The van der Waals surface area contributed by atoms with Gasteiger partial charge in [-0.25, -0.2) is 4.98 Å². The molecule has 0 aliphatic rings. The Morgan fingerprint density at radius 1 is 1.12 bits per heavy atom. The van der Waals surface area contributed by atoms with Crippen molar-refractivity contribution < 1.29 is 4.74 Å². The fourth-order valence-electron chi connectivity index (χ4n) is 2.52. The number of hydrogen-bond donors (Lipinski definition) is 1. The van der Waals surface area contributed by atoms with E-state index in [0.717, 1.165) is 24.4 Å². The smallest absolute Gasteiger partial charge is 0.118 e. The summed E-state index contributed by atoms with van der Waals surface area (Å²) in [5, 5.41) is 9.20. The molecule has 0 bridgehead atoms. The van der Waals surface area contributed by atoms with Gasteiger partial charge >= 0.3 is 0 Å². The molecule has 126 valence electrons. The first kappa shape index (κ1) is 17.1. The van der Waals surface area contributed by atoms with E-state index in [1.54, 1.807) is 29.8 Å². The number of ether oxygens (including phenoxy) is 1. The lowest BCUT2D eigenvalue weighted by molar-refractivity contribution is 0.414. The van der Waals surface area contributed by atoms with Gasteiger partial charge < -0.3 is 10.1 Å². The molecule has 24 heavy (non-hydrogen) atoms. The van der Waals surface area contributed by atoms with Crippen LogP contribution in [0.4, 0.5) is 0 Å². The molecule has 1 atom stereocenters. The molecular weight excluding hydrogens is 336 g/mol. The van der Waals surface area contributed by atoms with E-state index in [-0.39, 0.29) is 6.04 Å². The van der Waals surface area contributed by atoms with E-state index in [9.17, 15) is 0 Å². The molecule has 0 spiro atoms. The Kier molecular flexibility index (Phi) is 5.66. The molecule has 2 heterocycles. The van der Waals surface area contributed by atoms with Crippen molar-refractivity contribution in [3.05, 3.63) is 67.8 Å². The number of thiazole rings is 1. The van der Waals surface area contributed by atoms with Gasteiger partial charge in [-0.2, -0.15) is 11.3 Å². The predicted molar refractivity (Wildman–Crippen MR) is 102 cm³/mol. The van der Waals surface area contributed by atoms with Crippen LogP contribution in [0.3, 0.4) is 0 Å². The first-order chi connectivity index (χ1) is 11.7. The van der Waals surface area contributed by atoms with Gasteiger partial charge in [0.05, 0.1) is 18.8 Å². The molecule has 0 aliphatic heterocycles. The molecule has 3 rings (SSSR count). The fourth-order valence-corrected chi connectivity index (χ4v) is 4.20. The lowest BCUT2D eigenvalue weighted by atomic mass is 10.1. The summed E-state index contributed by atoms with van der Waals surface area (Å²) in [4.78, 5) is 6.07. The summed E-state index contributed by atoms with van der Waals surface area (Å²) in [5.41, 5.74) is 3.74. The van der Waals surface area contributed by atoms with Crippen molar-refractivity contribution in [2.24, 2.45) is 0 Å². The zero-order valence-corrected chi connectivity index (χ0v) is 15.8. The van der Waals surface area contributed by atoms with Gasteiger partial charge in [0.15, 0.2) is 0 Å². The van der Waals surface area contributed by atoms with Crippen LogP contribution in [0.15, 0.2) is 41.1 Å². The summed E-state index contributed by atoms with van der Waals surface area (Å²) in [6.07, 6.45) is 0.964. The van der Waals surface area contributed by atoms with Crippen molar-refractivity contribution in [1.82, 2.24) is 10.3 Å². The van der Waals surface area contributed by atoms with Crippen LogP contribution in [-0.2, 0) is 13.0 Å². The number of aryl methyl sites for hydroxylation is 2. The molecule has 0 fully saturated rings. The third-order valence-electron chi connectivity index (χ3n) is 4.07. The van der Waals surface area contributed by atoms with E-state index in [2.05, 4.69) is 48.1 Å². The Morgan fingerprint density at radius 3 is 2.50 bits per heavy atom. The summed E-state index contributed by atoms with van der Waals surface area (Å²) in [6.45, 7) is 5.04. The highest BCUT2D eigenvalue weighted by Crippen LogP contribution is 2.26. The van der Waals surface area contributed by atoms with Crippen LogP contribution in [0.2, 0.25) is 0 Å². The standard InChI is InChI=1S/C19H22N2OS2/c1-13-14(2)24-19(21-13)18(10-16-8-9-23-12-16)20-11-15-4-6-17(22-3)7-5-15/h4-9,12,18,20H,10-11H2,1-3H3. The van der Waals surface area contributed by atoms with Crippen molar-refractivity contribution in [1.29, 1.82) is 0 Å². The maximum Gasteiger partial charge on any atom is 0.118 e. The average Bonchev–Trinajstić information content (AvgIpc) is 3.22. The second kappa shape index (κ2) is 7.92. The van der Waals surface area contributed by atoms with E-state index >= 15 is 0 Å². The molecule has 3 aromatic rings. The number of aromatic nitrogens is 1. The molecule has 1 N–H and O–H groups in total. The van der Waals surface area contributed by atoms with Crippen LogP contribution in [0, 0.1) is 13.8 Å². The molecule has 3 nitrogen and oxygen atoms in total. The number of hydrogen-bond acceptors (Lipinski definition) is 5. The summed E-state index contributed by atoms with van der Waals surface area (Å²) < 4.78 is 5.22. The molecular formula is C19H22N2OS2. The first-order valence-electron chi connectivity index (χ1n) is 7.97. The summed E-state index contributed by atoms with van der Waals surface area (Å²) in [5.74, 6) is 0.889. The van der Waals surface area contributed by atoms with Crippen molar-refractivity contribution in [3.63, 3.8) is 0 Å². The molecule has 1 aromatic carbocycles. The molecule has 0 saturated carbocycles. The second-order valence-electron chi connectivity index (χ2n) is 5.81. The Balaban J connectivity index is 1.73. The summed E-state index contributed by atoms with van der Waals surface area (Å²) in [6, 6.07) is 10.6. The minimum atomic E-state index is 0.235. The van der Waals surface area contributed by atoms with Gasteiger partial charge in [0.25, 0.3) is 0 Å². The maximum absolute atomic E-state index is 5.22. The Labute approximate surface area is 151 Å². The third kappa shape index (κ3) is 4.23. The first-order valence-corrected chi connectivity index (χ1v) is 9.73. The van der Waals surface area contributed by atoms with Gasteiger partial charge in [-0.05, 0) is 60.4 Å². The van der Waals surface area contributed by atoms with Crippen LogP contribution in [0.1, 0.15) is 32.7 Å². The molecule has 5 heteroatoms. The predicted octanol–water partition coefficient (Wildman–Crippen LogP) is 4.90. The lowest BCUT2D eigenvalue weighted by Crippen LogP contribution is -2.22. The number of benzene rings is 1. The normalized spacial score (nSPS) is 12.3. The van der Waals surface area contributed by atoms with Crippen LogP contribution in [0.5, 0.6) is 5.75 Å². The third-order valence-corrected chi connectivity index (χ3v) is 5.99. The van der Waals surface area contributed by atoms with Crippen molar-refractivity contribution in [3.8, 4) is 5.75 Å². The Bertz CT molecular complexity index is 744. The molecule has 2 aromatic heterocycles. The Hall–Kier alpha value is -1.69. The van der Waals surface area contributed by atoms with Crippen molar-refractivity contribution >= 4 is 22.7 Å². The monoisotopic (exact) mass is 358 g/mol. The SMILES string of the molecule is COc1ccc(CNC(Cc2ccsc2)c2nc(C)c(C)s2)cc1. The molecule has 0 saturated heterocycles. The minimum Gasteiger partial charge on any atom is -0.497 e.